The molecule has 1 aliphatic heterocycles. The summed E-state index contributed by atoms with van der Waals surface area (Å²) in [4.78, 5) is 40.5. The van der Waals surface area contributed by atoms with Crippen molar-refractivity contribution in [1.82, 2.24) is 15.1 Å². The molecular formula is C21H22ClN3O3. The Morgan fingerprint density at radius 3 is 2.43 bits per heavy atom. The molecule has 1 unspecified atom stereocenters. The third kappa shape index (κ3) is 3.73. The first-order valence-electron chi connectivity index (χ1n) is 8.91. The van der Waals surface area contributed by atoms with Crippen LogP contribution in [0.15, 0.2) is 48.5 Å². The van der Waals surface area contributed by atoms with Crippen LogP contribution in [0.25, 0.3) is 0 Å². The Morgan fingerprint density at radius 2 is 1.79 bits per heavy atom. The molecule has 6 nitrogen and oxygen atoms in total. The van der Waals surface area contributed by atoms with Crippen molar-refractivity contribution >= 4 is 29.4 Å². The van der Waals surface area contributed by atoms with E-state index in [1.807, 2.05) is 31.2 Å². The highest BCUT2D eigenvalue weighted by Gasteiger charge is 2.49. The van der Waals surface area contributed by atoms with Crippen molar-refractivity contribution in [2.75, 3.05) is 13.6 Å². The summed E-state index contributed by atoms with van der Waals surface area (Å²) in [7, 11) is 1.66. The van der Waals surface area contributed by atoms with E-state index in [1.54, 1.807) is 38.2 Å². The number of urea groups is 1. The number of nitrogens with zero attached hydrogens (tertiary/aromatic N) is 2. The average Bonchev–Trinajstić information content (AvgIpc) is 2.88. The van der Waals surface area contributed by atoms with Crippen LogP contribution in [0.4, 0.5) is 4.79 Å². The number of hydrogen-bond donors (Lipinski definition) is 1. The van der Waals surface area contributed by atoms with Crippen LogP contribution in [0.3, 0.4) is 0 Å². The molecule has 7 heteroatoms. The Kier molecular flexibility index (Phi) is 5.42. The van der Waals surface area contributed by atoms with Gasteiger partial charge in [0.15, 0.2) is 0 Å². The molecule has 0 aromatic heterocycles. The second-order valence-corrected chi connectivity index (χ2v) is 7.57. The molecule has 0 radical (unpaired) electrons. The third-order valence-corrected chi connectivity index (χ3v) is 5.34. The van der Waals surface area contributed by atoms with E-state index in [2.05, 4.69) is 5.32 Å². The Labute approximate surface area is 169 Å². The maximum absolute atomic E-state index is 12.9. The van der Waals surface area contributed by atoms with Crippen LogP contribution in [0.5, 0.6) is 0 Å². The van der Waals surface area contributed by atoms with Crippen molar-refractivity contribution in [1.29, 1.82) is 0 Å². The van der Waals surface area contributed by atoms with Gasteiger partial charge >= 0.3 is 6.03 Å². The summed E-state index contributed by atoms with van der Waals surface area (Å²) in [6.45, 7) is 3.69. The van der Waals surface area contributed by atoms with Crippen LogP contribution in [0.1, 0.15) is 23.6 Å². The smallest absolute Gasteiger partial charge is 0.325 e. The summed E-state index contributed by atoms with van der Waals surface area (Å²) >= 11 is 5.91. The van der Waals surface area contributed by atoms with Crippen LogP contribution < -0.4 is 5.32 Å². The van der Waals surface area contributed by atoms with Gasteiger partial charge in [-0.05, 0) is 42.7 Å². The predicted octanol–water partition coefficient (Wildman–Crippen LogP) is 3.07. The summed E-state index contributed by atoms with van der Waals surface area (Å²) in [6, 6.07) is 13.9. The zero-order chi connectivity index (χ0) is 20.5. The van der Waals surface area contributed by atoms with Gasteiger partial charge in [0.05, 0.1) is 0 Å². The molecule has 146 valence electrons. The number of halogens is 1. The van der Waals surface area contributed by atoms with E-state index in [4.69, 9.17) is 11.6 Å². The standard InChI is InChI=1S/C21H22ClN3O3/c1-14-6-4-5-7-15(14)12-24(3)18(26)13-25-19(27)21(2,23-20(25)28)16-8-10-17(22)11-9-16/h4-11H,12-13H2,1-3H3,(H,23,28). The second-order valence-electron chi connectivity index (χ2n) is 7.13. The highest BCUT2D eigenvalue weighted by molar-refractivity contribution is 6.30. The molecule has 0 spiro atoms. The maximum Gasteiger partial charge on any atom is 0.325 e. The SMILES string of the molecule is Cc1ccccc1CN(C)C(=O)CN1C(=O)NC(C)(c2ccc(Cl)cc2)C1=O. The lowest BCUT2D eigenvalue weighted by molar-refractivity contribution is -0.138. The third-order valence-electron chi connectivity index (χ3n) is 5.08. The molecule has 1 aliphatic rings. The van der Waals surface area contributed by atoms with Crippen LogP contribution in [0.2, 0.25) is 5.02 Å². The Balaban J connectivity index is 1.72. The fourth-order valence-electron chi connectivity index (χ4n) is 3.21. The zero-order valence-corrected chi connectivity index (χ0v) is 16.8. The van der Waals surface area contributed by atoms with Gasteiger partial charge in [-0.25, -0.2) is 4.79 Å². The first-order valence-corrected chi connectivity index (χ1v) is 9.29. The number of aryl methyl sites for hydroxylation is 1. The first kappa shape index (κ1) is 19.9. The van der Waals surface area contributed by atoms with Crippen LogP contribution in [0, 0.1) is 6.92 Å². The first-order chi connectivity index (χ1) is 13.2. The minimum absolute atomic E-state index is 0.309. The number of hydrogen-bond acceptors (Lipinski definition) is 3. The van der Waals surface area contributed by atoms with E-state index in [-0.39, 0.29) is 12.5 Å². The van der Waals surface area contributed by atoms with Gasteiger partial charge in [-0.3, -0.25) is 14.5 Å². The molecule has 1 atom stereocenters. The van der Waals surface area contributed by atoms with Crippen molar-refractivity contribution in [3.05, 3.63) is 70.2 Å². The zero-order valence-electron chi connectivity index (χ0n) is 16.0. The molecule has 0 aliphatic carbocycles. The van der Waals surface area contributed by atoms with Crippen molar-refractivity contribution < 1.29 is 14.4 Å². The molecule has 1 heterocycles. The number of imide groups is 1. The van der Waals surface area contributed by atoms with Gasteiger partial charge < -0.3 is 10.2 Å². The summed E-state index contributed by atoms with van der Waals surface area (Å²) in [6.07, 6.45) is 0. The number of likely N-dealkylation sites (N-methyl/N-ethyl adjacent to an activating group) is 1. The highest BCUT2D eigenvalue weighted by atomic mass is 35.5. The van der Waals surface area contributed by atoms with Crippen molar-refractivity contribution in [2.45, 2.75) is 25.9 Å². The van der Waals surface area contributed by atoms with Crippen molar-refractivity contribution in [3.8, 4) is 0 Å². The predicted molar refractivity (Wildman–Crippen MR) is 107 cm³/mol. The molecule has 2 aromatic carbocycles. The minimum Gasteiger partial charge on any atom is -0.340 e. The van der Waals surface area contributed by atoms with Crippen molar-refractivity contribution in [2.24, 2.45) is 0 Å². The van der Waals surface area contributed by atoms with Gasteiger partial charge in [-0.2, -0.15) is 0 Å². The molecule has 0 saturated carbocycles. The van der Waals surface area contributed by atoms with Crippen LogP contribution >= 0.6 is 11.6 Å². The molecular weight excluding hydrogens is 378 g/mol. The second kappa shape index (κ2) is 7.64. The number of carbonyl (C=O) groups is 3. The highest BCUT2D eigenvalue weighted by Crippen LogP contribution is 2.29. The summed E-state index contributed by atoms with van der Waals surface area (Å²) in [5.74, 6) is -0.774. The largest absolute Gasteiger partial charge is 0.340 e. The molecule has 0 bridgehead atoms. The van der Waals surface area contributed by atoms with Gasteiger partial charge in [-0.1, -0.05) is 48.0 Å². The lowest BCUT2D eigenvalue weighted by Gasteiger charge is -2.23. The van der Waals surface area contributed by atoms with E-state index < -0.39 is 17.5 Å². The normalized spacial score (nSPS) is 18.9. The number of nitrogens with one attached hydrogen (secondary N) is 1. The summed E-state index contributed by atoms with van der Waals surface area (Å²) < 4.78 is 0. The molecule has 1 fully saturated rings. The Hall–Kier alpha value is -2.86. The van der Waals surface area contributed by atoms with Gasteiger partial charge in [0.25, 0.3) is 5.91 Å². The summed E-state index contributed by atoms with van der Waals surface area (Å²) in [5, 5.41) is 3.23. The average molecular weight is 400 g/mol. The molecule has 3 rings (SSSR count). The monoisotopic (exact) mass is 399 g/mol. The fourth-order valence-corrected chi connectivity index (χ4v) is 3.33. The van der Waals surface area contributed by atoms with Gasteiger partial charge in [-0.15, -0.1) is 0 Å². The van der Waals surface area contributed by atoms with Gasteiger partial charge in [0.2, 0.25) is 5.91 Å². The molecule has 4 amide bonds. The topological polar surface area (TPSA) is 69.7 Å². The molecule has 28 heavy (non-hydrogen) atoms. The Morgan fingerprint density at radius 1 is 1.14 bits per heavy atom. The van der Waals surface area contributed by atoms with Crippen LogP contribution in [-0.2, 0) is 21.7 Å². The lowest BCUT2D eigenvalue weighted by Crippen LogP contribution is -2.43. The molecule has 1 saturated heterocycles. The number of amides is 4. The van der Waals surface area contributed by atoms with E-state index in [0.29, 0.717) is 17.1 Å². The minimum atomic E-state index is -1.23. The Bertz CT molecular complexity index is 929. The molecule has 2 aromatic rings. The lowest BCUT2D eigenvalue weighted by atomic mass is 9.92. The van der Waals surface area contributed by atoms with E-state index >= 15 is 0 Å². The van der Waals surface area contributed by atoms with E-state index in [1.165, 1.54) is 4.90 Å². The van der Waals surface area contributed by atoms with E-state index in [9.17, 15) is 14.4 Å². The van der Waals surface area contributed by atoms with E-state index in [0.717, 1.165) is 16.0 Å². The summed E-state index contributed by atoms with van der Waals surface area (Å²) in [5.41, 5.74) is 1.48. The molecule has 1 N–H and O–H groups in total. The van der Waals surface area contributed by atoms with Crippen LogP contribution in [-0.4, -0.2) is 41.2 Å². The number of carbonyl (C=O) groups excluding carboxylic acids is 3. The van der Waals surface area contributed by atoms with Gasteiger partial charge in [0, 0.05) is 18.6 Å². The fraction of sp³-hybridized carbons (Fsp3) is 0.286. The number of rotatable bonds is 5. The van der Waals surface area contributed by atoms with Gasteiger partial charge in [0.1, 0.15) is 12.1 Å². The number of benzene rings is 2. The maximum atomic E-state index is 12.9. The van der Waals surface area contributed by atoms with Crippen molar-refractivity contribution in [3.63, 3.8) is 0 Å². The quantitative estimate of drug-likeness (QED) is 0.785.